The van der Waals surface area contributed by atoms with E-state index in [2.05, 4.69) is 19.1 Å². The molecule has 0 bridgehead atoms. The average Bonchev–Trinajstić information content (AvgIpc) is 2.92. The third-order valence-corrected chi connectivity index (χ3v) is 7.26. The van der Waals surface area contributed by atoms with Gasteiger partial charge in [0.05, 0.1) is 12.4 Å². The van der Waals surface area contributed by atoms with Gasteiger partial charge in [-0.2, -0.15) is 0 Å². The van der Waals surface area contributed by atoms with Crippen LogP contribution >= 0.6 is 0 Å². The van der Waals surface area contributed by atoms with Gasteiger partial charge in [-0.05, 0) is 62.0 Å². The quantitative estimate of drug-likeness (QED) is 0.779. The maximum atomic E-state index is 13.1. The molecule has 4 rings (SSSR count). The molecule has 4 aliphatic rings. The molecule has 130 valence electrons. The first kappa shape index (κ1) is 16.1. The predicted octanol–water partition coefficient (Wildman–Crippen LogP) is 4.23. The summed E-state index contributed by atoms with van der Waals surface area (Å²) in [7, 11) is 0. The summed E-state index contributed by atoms with van der Waals surface area (Å²) in [5.74, 6) is 3.09. The Labute approximate surface area is 144 Å². The highest BCUT2D eigenvalue weighted by Crippen LogP contribution is 2.60. The molecule has 24 heavy (non-hydrogen) atoms. The van der Waals surface area contributed by atoms with Crippen LogP contribution in [0.3, 0.4) is 0 Å². The van der Waals surface area contributed by atoms with E-state index < -0.39 is 0 Å². The minimum absolute atomic E-state index is 0.139. The summed E-state index contributed by atoms with van der Waals surface area (Å²) in [6.07, 6.45) is 10.5. The predicted molar refractivity (Wildman–Crippen MR) is 92.2 cm³/mol. The fourth-order valence-electron chi connectivity index (χ4n) is 6.21. The number of Topliss-reactive ketones (excluding diaryl/α,β-unsaturated/α-hetero) is 2. The Kier molecular flexibility index (Phi) is 3.93. The van der Waals surface area contributed by atoms with E-state index in [1.54, 1.807) is 0 Å². The van der Waals surface area contributed by atoms with Crippen molar-refractivity contribution in [3.05, 3.63) is 23.5 Å². The minimum atomic E-state index is -0.329. The summed E-state index contributed by atoms with van der Waals surface area (Å²) in [5.41, 5.74) is 0.984. The van der Waals surface area contributed by atoms with Gasteiger partial charge in [-0.3, -0.25) is 9.59 Å². The molecule has 3 heteroatoms. The molecule has 0 amide bonds. The zero-order valence-corrected chi connectivity index (χ0v) is 14.8. The van der Waals surface area contributed by atoms with Gasteiger partial charge >= 0.3 is 0 Å². The van der Waals surface area contributed by atoms with Crippen LogP contribution in [0.25, 0.3) is 0 Å². The number of ether oxygens (including phenoxy) is 1. The van der Waals surface area contributed by atoms with E-state index in [0.29, 0.717) is 48.8 Å². The Morgan fingerprint density at radius 1 is 1.21 bits per heavy atom. The van der Waals surface area contributed by atoms with Crippen LogP contribution < -0.4 is 0 Å². The van der Waals surface area contributed by atoms with E-state index in [1.807, 2.05) is 6.92 Å². The lowest BCUT2D eigenvalue weighted by Gasteiger charge is -2.50. The van der Waals surface area contributed by atoms with Gasteiger partial charge in [-0.1, -0.05) is 13.0 Å². The summed E-state index contributed by atoms with van der Waals surface area (Å²) in [6, 6.07) is 0. The first-order valence-corrected chi connectivity index (χ1v) is 9.70. The SMILES string of the molecule is CCOC1=CC2=CCC3C(C(=O)CC4(CC)C(=O)CCC34)C2CC1. The highest BCUT2D eigenvalue weighted by molar-refractivity contribution is 5.95. The number of hydrogen-bond acceptors (Lipinski definition) is 3. The first-order valence-electron chi connectivity index (χ1n) is 9.70. The van der Waals surface area contributed by atoms with Gasteiger partial charge in [0.2, 0.25) is 0 Å². The van der Waals surface area contributed by atoms with E-state index in [-0.39, 0.29) is 11.3 Å². The molecule has 2 fully saturated rings. The topological polar surface area (TPSA) is 43.4 Å². The van der Waals surface area contributed by atoms with Crippen LogP contribution in [0, 0.1) is 29.1 Å². The van der Waals surface area contributed by atoms with Crippen LogP contribution in [0.15, 0.2) is 23.5 Å². The molecule has 0 N–H and O–H groups in total. The lowest BCUT2D eigenvalue weighted by atomic mass is 9.52. The van der Waals surface area contributed by atoms with Crippen molar-refractivity contribution in [1.29, 1.82) is 0 Å². The van der Waals surface area contributed by atoms with Crippen molar-refractivity contribution in [2.24, 2.45) is 29.1 Å². The van der Waals surface area contributed by atoms with Crippen molar-refractivity contribution in [3.63, 3.8) is 0 Å². The van der Waals surface area contributed by atoms with Gasteiger partial charge in [-0.15, -0.1) is 0 Å². The molecule has 4 aliphatic carbocycles. The summed E-state index contributed by atoms with van der Waals surface area (Å²) >= 11 is 0. The second-order valence-corrected chi connectivity index (χ2v) is 8.04. The summed E-state index contributed by atoms with van der Waals surface area (Å²) in [4.78, 5) is 25.7. The molecule has 0 aromatic carbocycles. The highest BCUT2D eigenvalue weighted by atomic mass is 16.5. The molecule has 5 atom stereocenters. The van der Waals surface area contributed by atoms with Crippen molar-refractivity contribution in [1.82, 2.24) is 0 Å². The molecule has 0 heterocycles. The average molecular weight is 328 g/mol. The van der Waals surface area contributed by atoms with Crippen molar-refractivity contribution in [2.45, 2.75) is 58.8 Å². The maximum absolute atomic E-state index is 13.1. The number of rotatable bonds is 3. The standard InChI is InChI=1S/C21H28O3/c1-3-21-12-18(22)20-15-8-6-14(24-4-2)11-13(15)5-7-16(20)17(21)9-10-19(21)23/h5,11,15-17,20H,3-4,6-10,12H2,1-2H3. The van der Waals surface area contributed by atoms with E-state index in [1.165, 1.54) is 5.57 Å². The van der Waals surface area contributed by atoms with Crippen molar-refractivity contribution in [3.8, 4) is 0 Å². The Morgan fingerprint density at radius 3 is 2.79 bits per heavy atom. The monoisotopic (exact) mass is 328 g/mol. The van der Waals surface area contributed by atoms with Crippen molar-refractivity contribution >= 4 is 11.6 Å². The number of fused-ring (bicyclic) bond motifs is 5. The van der Waals surface area contributed by atoms with Crippen LogP contribution in [-0.4, -0.2) is 18.2 Å². The molecular formula is C21H28O3. The van der Waals surface area contributed by atoms with Gasteiger partial charge in [0.15, 0.2) is 0 Å². The van der Waals surface area contributed by atoms with Crippen LogP contribution in [0.4, 0.5) is 0 Å². The highest BCUT2D eigenvalue weighted by Gasteiger charge is 2.60. The lowest BCUT2D eigenvalue weighted by molar-refractivity contribution is -0.146. The number of hydrogen-bond donors (Lipinski definition) is 0. The summed E-state index contributed by atoms with van der Waals surface area (Å²) in [5, 5.41) is 0. The summed E-state index contributed by atoms with van der Waals surface area (Å²) in [6.45, 7) is 4.83. The van der Waals surface area contributed by atoms with E-state index >= 15 is 0 Å². The fraction of sp³-hybridized carbons (Fsp3) is 0.714. The molecule has 0 saturated heterocycles. The molecule has 0 aromatic heterocycles. The second-order valence-electron chi connectivity index (χ2n) is 8.04. The Hall–Kier alpha value is -1.38. The Morgan fingerprint density at radius 2 is 2.04 bits per heavy atom. The minimum Gasteiger partial charge on any atom is -0.498 e. The zero-order valence-electron chi connectivity index (χ0n) is 14.8. The van der Waals surface area contributed by atoms with E-state index in [9.17, 15) is 9.59 Å². The largest absolute Gasteiger partial charge is 0.498 e. The zero-order chi connectivity index (χ0) is 16.9. The van der Waals surface area contributed by atoms with Gasteiger partial charge in [-0.25, -0.2) is 0 Å². The summed E-state index contributed by atoms with van der Waals surface area (Å²) < 4.78 is 5.70. The molecule has 0 radical (unpaired) electrons. The van der Waals surface area contributed by atoms with Gasteiger partial charge in [0.1, 0.15) is 11.6 Å². The second kappa shape index (κ2) is 5.86. The van der Waals surface area contributed by atoms with Crippen LogP contribution in [0.1, 0.15) is 58.8 Å². The molecular weight excluding hydrogens is 300 g/mol. The Bertz CT molecular complexity index is 629. The fourth-order valence-corrected chi connectivity index (χ4v) is 6.21. The molecule has 2 saturated carbocycles. The van der Waals surface area contributed by atoms with Crippen molar-refractivity contribution in [2.75, 3.05) is 6.61 Å². The van der Waals surface area contributed by atoms with Gasteiger partial charge in [0.25, 0.3) is 0 Å². The molecule has 3 nitrogen and oxygen atoms in total. The van der Waals surface area contributed by atoms with Crippen molar-refractivity contribution < 1.29 is 14.3 Å². The molecule has 0 aromatic rings. The number of carbonyl (C=O) groups is 2. The van der Waals surface area contributed by atoms with Gasteiger partial charge < -0.3 is 4.74 Å². The van der Waals surface area contributed by atoms with Crippen LogP contribution in [0.2, 0.25) is 0 Å². The smallest absolute Gasteiger partial charge is 0.139 e. The van der Waals surface area contributed by atoms with E-state index in [4.69, 9.17) is 4.74 Å². The molecule has 0 aliphatic heterocycles. The normalized spacial score (nSPS) is 41.1. The number of ketones is 2. The lowest BCUT2D eigenvalue weighted by Crippen LogP contribution is -2.51. The third kappa shape index (κ3) is 2.16. The third-order valence-electron chi connectivity index (χ3n) is 7.26. The molecule has 5 unspecified atom stereocenters. The van der Waals surface area contributed by atoms with Crippen LogP contribution in [-0.2, 0) is 14.3 Å². The molecule has 0 spiro atoms. The van der Waals surface area contributed by atoms with Crippen LogP contribution in [0.5, 0.6) is 0 Å². The first-order chi connectivity index (χ1) is 11.6. The number of carbonyl (C=O) groups excluding carboxylic acids is 2. The Balaban J connectivity index is 1.68. The maximum Gasteiger partial charge on any atom is 0.139 e. The van der Waals surface area contributed by atoms with E-state index in [0.717, 1.165) is 37.9 Å². The van der Waals surface area contributed by atoms with Gasteiger partial charge in [0, 0.05) is 30.6 Å². The number of allylic oxidation sites excluding steroid dienone is 4.